The molecule has 1 aliphatic carbocycles. The van der Waals surface area contributed by atoms with Crippen molar-refractivity contribution in [2.45, 2.75) is 31.7 Å². The van der Waals surface area contributed by atoms with Gasteiger partial charge in [0, 0.05) is 7.05 Å². The van der Waals surface area contributed by atoms with E-state index in [-0.39, 0.29) is 5.54 Å². The summed E-state index contributed by atoms with van der Waals surface area (Å²) in [6.45, 7) is 2.24. The van der Waals surface area contributed by atoms with Crippen molar-refractivity contribution in [1.82, 2.24) is 15.0 Å². The molecule has 2 unspecified atom stereocenters. The SMILES string of the molecule is CC1CCC(N)(c2cnn(C)n2)C1. The van der Waals surface area contributed by atoms with Crippen LogP contribution in [0.15, 0.2) is 6.20 Å². The lowest BCUT2D eigenvalue weighted by atomic mass is 9.94. The molecule has 0 aromatic carbocycles. The molecule has 2 rings (SSSR count). The topological polar surface area (TPSA) is 56.7 Å². The van der Waals surface area contributed by atoms with Crippen LogP contribution in [0.1, 0.15) is 31.9 Å². The van der Waals surface area contributed by atoms with Crippen molar-refractivity contribution in [3.8, 4) is 0 Å². The molecule has 4 heteroatoms. The molecule has 2 atom stereocenters. The summed E-state index contributed by atoms with van der Waals surface area (Å²) in [5.41, 5.74) is 7.00. The van der Waals surface area contributed by atoms with Gasteiger partial charge in [0.25, 0.3) is 0 Å². The Hall–Kier alpha value is -0.900. The monoisotopic (exact) mass is 180 g/mol. The second-order valence-electron chi connectivity index (χ2n) is 4.22. The molecule has 4 nitrogen and oxygen atoms in total. The first-order valence-electron chi connectivity index (χ1n) is 4.76. The quantitative estimate of drug-likeness (QED) is 0.695. The van der Waals surface area contributed by atoms with E-state index in [2.05, 4.69) is 17.1 Å². The molecule has 1 aromatic rings. The van der Waals surface area contributed by atoms with E-state index in [0.717, 1.165) is 18.5 Å². The van der Waals surface area contributed by atoms with Crippen molar-refractivity contribution in [3.63, 3.8) is 0 Å². The zero-order chi connectivity index (χ0) is 9.47. The zero-order valence-electron chi connectivity index (χ0n) is 8.20. The molecule has 13 heavy (non-hydrogen) atoms. The summed E-state index contributed by atoms with van der Waals surface area (Å²) in [6.07, 6.45) is 5.06. The van der Waals surface area contributed by atoms with Gasteiger partial charge < -0.3 is 5.73 Å². The lowest BCUT2D eigenvalue weighted by molar-refractivity contribution is 0.422. The van der Waals surface area contributed by atoms with Crippen molar-refractivity contribution in [3.05, 3.63) is 11.9 Å². The van der Waals surface area contributed by atoms with Gasteiger partial charge in [-0.2, -0.15) is 15.0 Å². The molecule has 72 valence electrons. The molecular formula is C9H16N4. The Balaban J connectivity index is 2.25. The Kier molecular flexibility index (Phi) is 1.87. The van der Waals surface area contributed by atoms with Crippen LogP contribution in [0.3, 0.4) is 0 Å². The van der Waals surface area contributed by atoms with Crippen LogP contribution in [0, 0.1) is 5.92 Å². The molecule has 1 heterocycles. The van der Waals surface area contributed by atoms with E-state index in [0.29, 0.717) is 5.92 Å². The smallest absolute Gasteiger partial charge is 0.103 e. The second kappa shape index (κ2) is 2.80. The third kappa shape index (κ3) is 1.46. The predicted molar refractivity (Wildman–Crippen MR) is 49.9 cm³/mol. The number of nitrogens with two attached hydrogens (primary N) is 1. The van der Waals surface area contributed by atoms with Gasteiger partial charge in [-0.05, 0) is 25.2 Å². The molecule has 2 N–H and O–H groups in total. The van der Waals surface area contributed by atoms with E-state index in [9.17, 15) is 0 Å². The Bertz CT molecular complexity index is 306. The first-order valence-corrected chi connectivity index (χ1v) is 4.76. The van der Waals surface area contributed by atoms with Crippen LogP contribution in [0.2, 0.25) is 0 Å². The van der Waals surface area contributed by atoms with Gasteiger partial charge in [0.05, 0.1) is 11.7 Å². The lowest BCUT2D eigenvalue weighted by Gasteiger charge is -2.20. The zero-order valence-corrected chi connectivity index (χ0v) is 8.20. The average Bonchev–Trinajstić information content (AvgIpc) is 2.60. The number of hydrogen-bond donors (Lipinski definition) is 1. The minimum absolute atomic E-state index is 0.215. The van der Waals surface area contributed by atoms with Gasteiger partial charge in [0.2, 0.25) is 0 Å². The average molecular weight is 180 g/mol. The van der Waals surface area contributed by atoms with Crippen molar-refractivity contribution < 1.29 is 0 Å². The van der Waals surface area contributed by atoms with Gasteiger partial charge >= 0.3 is 0 Å². The molecule has 0 spiro atoms. The van der Waals surface area contributed by atoms with Crippen molar-refractivity contribution in [2.24, 2.45) is 18.7 Å². The van der Waals surface area contributed by atoms with Gasteiger partial charge in [-0.25, -0.2) is 0 Å². The molecule has 0 aliphatic heterocycles. The number of rotatable bonds is 1. The van der Waals surface area contributed by atoms with Crippen molar-refractivity contribution in [2.75, 3.05) is 0 Å². The summed E-state index contributed by atoms with van der Waals surface area (Å²) < 4.78 is 0. The van der Waals surface area contributed by atoms with Gasteiger partial charge in [0.1, 0.15) is 5.69 Å². The molecule has 1 saturated carbocycles. The maximum Gasteiger partial charge on any atom is 0.103 e. The van der Waals surface area contributed by atoms with Gasteiger partial charge in [0.15, 0.2) is 0 Å². The summed E-state index contributed by atoms with van der Waals surface area (Å²) in [7, 11) is 1.82. The number of hydrogen-bond acceptors (Lipinski definition) is 3. The first-order chi connectivity index (χ1) is 6.10. The molecule has 1 aromatic heterocycles. The van der Waals surface area contributed by atoms with Crippen LogP contribution in [-0.2, 0) is 12.6 Å². The van der Waals surface area contributed by atoms with Crippen LogP contribution in [0.5, 0.6) is 0 Å². The predicted octanol–water partition coefficient (Wildman–Crippen LogP) is 0.789. The molecule has 1 fully saturated rings. The van der Waals surface area contributed by atoms with Crippen LogP contribution < -0.4 is 5.73 Å². The minimum atomic E-state index is -0.215. The first kappa shape index (κ1) is 8.69. The summed E-state index contributed by atoms with van der Waals surface area (Å²) in [5, 5.41) is 8.34. The van der Waals surface area contributed by atoms with Crippen molar-refractivity contribution >= 4 is 0 Å². The van der Waals surface area contributed by atoms with E-state index in [4.69, 9.17) is 5.73 Å². The maximum absolute atomic E-state index is 6.27. The van der Waals surface area contributed by atoms with E-state index in [1.54, 1.807) is 11.0 Å². The Morgan fingerprint density at radius 1 is 1.69 bits per heavy atom. The van der Waals surface area contributed by atoms with Crippen LogP contribution in [0.25, 0.3) is 0 Å². The number of aromatic nitrogens is 3. The number of aryl methyl sites for hydroxylation is 1. The fraction of sp³-hybridized carbons (Fsp3) is 0.778. The normalized spacial score (nSPS) is 33.9. The van der Waals surface area contributed by atoms with Gasteiger partial charge in [-0.1, -0.05) is 6.92 Å². The fourth-order valence-electron chi connectivity index (χ4n) is 2.14. The largest absolute Gasteiger partial charge is 0.320 e. The van der Waals surface area contributed by atoms with Gasteiger partial charge in [-0.15, -0.1) is 0 Å². The summed E-state index contributed by atoms with van der Waals surface area (Å²) in [4.78, 5) is 1.58. The van der Waals surface area contributed by atoms with E-state index in [1.165, 1.54) is 6.42 Å². The van der Waals surface area contributed by atoms with E-state index >= 15 is 0 Å². The van der Waals surface area contributed by atoms with E-state index in [1.807, 2.05) is 7.05 Å². The lowest BCUT2D eigenvalue weighted by Crippen LogP contribution is -2.34. The Labute approximate surface area is 78.1 Å². The highest BCUT2D eigenvalue weighted by atomic mass is 15.5. The molecule has 0 radical (unpaired) electrons. The summed E-state index contributed by atoms with van der Waals surface area (Å²) >= 11 is 0. The molecular weight excluding hydrogens is 164 g/mol. The summed E-state index contributed by atoms with van der Waals surface area (Å²) in [5.74, 6) is 0.715. The minimum Gasteiger partial charge on any atom is -0.320 e. The Morgan fingerprint density at radius 3 is 2.92 bits per heavy atom. The highest BCUT2D eigenvalue weighted by molar-refractivity contribution is 5.12. The Morgan fingerprint density at radius 2 is 2.46 bits per heavy atom. The fourth-order valence-corrected chi connectivity index (χ4v) is 2.14. The molecule has 0 saturated heterocycles. The molecule has 0 amide bonds. The third-order valence-electron chi connectivity index (χ3n) is 2.91. The second-order valence-corrected chi connectivity index (χ2v) is 4.22. The molecule has 0 bridgehead atoms. The standard InChI is InChI=1S/C9H16N4/c1-7-3-4-9(10,5-7)8-6-11-13(2)12-8/h6-7H,3-5,10H2,1-2H3. The number of nitrogens with zero attached hydrogens (tertiary/aromatic N) is 3. The molecule has 1 aliphatic rings. The van der Waals surface area contributed by atoms with Crippen LogP contribution in [-0.4, -0.2) is 15.0 Å². The third-order valence-corrected chi connectivity index (χ3v) is 2.91. The van der Waals surface area contributed by atoms with Crippen molar-refractivity contribution in [1.29, 1.82) is 0 Å². The van der Waals surface area contributed by atoms with Crippen LogP contribution in [0.4, 0.5) is 0 Å². The highest BCUT2D eigenvalue weighted by Gasteiger charge is 2.37. The maximum atomic E-state index is 6.27. The van der Waals surface area contributed by atoms with Crippen LogP contribution >= 0.6 is 0 Å². The van der Waals surface area contributed by atoms with E-state index < -0.39 is 0 Å². The summed E-state index contributed by atoms with van der Waals surface area (Å²) in [6, 6.07) is 0. The van der Waals surface area contributed by atoms with Gasteiger partial charge in [-0.3, -0.25) is 0 Å². The highest BCUT2D eigenvalue weighted by Crippen LogP contribution is 2.38.